The lowest BCUT2D eigenvalue weighted by molar-refractivity contribution is 0.0685. The molecular weight excluding hydrogens is 460 g/mol. The van der Waals surface area contributed by atoms with E-state index in [2.05, 4.69) is 20.6 Å². The lowest BCUT2D eigenvalue weighted by atomic mass is 10.0. The third-order valence-electron chi connectivity index (χ3n) is 4.66. The lowest BCUT2D eigenvalue weighted by Gasteiger charge is -2.34. The Morgan fingerprint density at radius 1 is 1.30 bits per heavy atom. The number of rotatable bonds is 5. The molecule has 2 aromatic heterocycles. The van der Waals surface area contributed by atoms with Crippen LogP contribution in [-0.4, -0.2) is 65.2 Å². The van der Waals surface area contributed by atoms with Crippen LogP contribution in [0.15, 0.2) is 0 Å². The smallest absolute Gasteiger partial charge is 0.356 e. The zero-order chi connectivity index (χ0) is 22.2. The van der Waals surface area contributed by atoms with E-state index in [0.717, 1.165) is 11.3 Å². The number of hydrogen-bond donors (Lipinski definition) is 4. The Morgan fingerprint density at radius 3 is 2.53 bits per heavy atom. The fraction of sp³-hybridized carbons (Fsp3) is 0.412. The van der Waals surface area contributed by atoms with Crippen LogP contribution in [0.1, 0.15) is 42.8 Å². The van der Waals surface area contributed by atoms with Crippen LogP contribution in [0.25, 0.3) is 0 Å². The van der Waals surface area contributed by atoms with Gasteiger partial charge < -0.3 is 25.6 Å². The number of thiazole rings is 1. The molecule has 3 heterocycles. The summed E-state index contributed by atoms with van der Waals surface area (Å²) in [5.74, 6) is -2.49. The molecule has 0 radical (unpaired) electrons. The summed E-state index contributed by atoms with van der Waals surface area (Å²) in [6, 6.07) is -0.774. The Kier molecular flexibility index (Phi) is 6.53. The molecule has 0 bridgehead atoms. The van der Waals surface area contributed by atoms with Gasteiger partial charge in [-0.1, -0.05) is 34.5 Å². The second-order valence-electron chi connectivity index (χ2n) is 6.64. The van der Waals surface area contributed by atoms with Crippen molar-refractivity contribution in [2.24, 2.45) is 0 Å². The molecule has 2 atom stereocenters. The first kappa shape index (κ1) is 22.3. The van der Waals surface area contributed by atoms with Gasteiger partial charge >= 0.3 is 5.97 Å². The van der Waals surface area contributed by atoms with Gasteiger partial charge in [-0.15, -0.1) is 0 Å². The number of alkyl halides is 1. The molecule has 13 heteroatoms. The highest BCUT2D eigenvalue weighted by atomic mass is 35.5. The van der Waals surface area contributed by atoms with E-state index in [1.54, 1.807) is 11.8 Å². The van der Waals surface area contributed by atoms with Crippen LogP contribution in [0.4, 0.5) is 9.52 Å². The van der Waals surface area contributed by atoms with Crippen molar-refractivity contribution in [2.45, 2.75) is 25.6 Å². The molecule has 1 aliphatic heterocycles. The number of anilines is 1. The second-order valence-corrected chi connectivity index (χ2v) is 8.38. The predicted molar refractivity (Wildman–Crippen MR) is 111 cm³/mol. The molecule has 0 spiro atoms. The summed E-state index contributed by atoms with van der Waals surface area (Å²) >= 11 is 12.9. The fourth-order valence-corrected chi connectivity index (χ4v) is 4.52. The molecule has 2 aromatic rings. The van der Waals surface area contributed by atoms with Crippen molar-refractivity contribution in [1.82, 2.24) is 20.6 Å². The zero-order valence-electron chi connectivity index (χ0n) is 15.9. The van der Waals surface area contributed by atoms with Crippen LogP contribution in [0, 0.1) is 6.92 Å². The molecule has 162 valence electrons. The van der Waals surface area contributed by atoms with Crippen LogP contribution in [0.3, 0.4) is 0 Å². The molecule has 1 fully saturated rings. The van der Waals surface area contributed by atoms with Crippen LogP contribution in [0.2, 0.25) is 10.0 Å². The van der Waals surface area contributed by atoms with Crippen molar-refractivity contribution in [1.29, 1.82) is 0 Å². The number of carboxylic acid groups (broad SMARTS) is 1. The Labute approximate surface area is 184 Å². The van der Waals surface area contributed by atoms with Gasteiger partial charge in [0.05, 0.1) is 22.6 Å². The number of carboxylic acids is 1. The first-order chi connectivity index (χ1) is 14.1. The van der Waals surface area contributed by atoms with E-state index in [9.17, 15) is 23.9 Å². The molecule has 4 N–H and O–H groups in total. The van der Waals surface area contributed by atoms with Crippen molar-refractivity contribution in [2.75, 3.05) is 25.0 Å². The quantitative estimate of drug-likeness (QED) is 0.523. The Morgan fingerprint density at radius 2 is 2.00 bits per heavy atom. The van der Waals surface area contributed by atoms with Crippen LogP contribution in [0.5, 0.6) is 0 Å². The van der Waals surface area contributed by atoms with Crippen molar-refractivity contribution in [3.63, 3.8) is 0 Å². The molecule has 0 aliphatic carbocycles. The molecule has 0 saturated carbocycles. The number of aromatic amines is 1. The van der Waals surface area contributed by atoms with E-state index in [1.165, 1.54) is 7.05 Å². The number of hydrogen-bond acceptors (Lipinski definition) is 6. The number of halogens is 3. The van der Waals surface area contributed by atoms with Gasteiger partial charge in [0, 0.05) is 19.3 Å². The standard InChI is InChI=1S/C17H18Cl2FN5O4S/c1-6-9(18)10(19)11(22-6)14(26)23-8-3-4-25(5-7(8)20)17-24-12(16(28)29)13(30-17)15(27)21-2/h7-8,22H,3-5H2,1-2H3,(H,21,27)(H,23,26)(H,28,29)/t7-,8+/m0/s1. The fourth-order valence-electron chi connectivity index (χ4n) is 3.07. The van der Waals surface area contributed by atoms with Crippen molar-refractivity contribution < 1.29 is 23.9 Å². The van der Waals surface area contributed by atoms with Crippen molar-refractivity contribution in [3.8, 4) is 0 Å². The van der Waals surface area contributed by atoms with Crippen LogP contribution < -0.4 is 15.5 Å². The molecule has 3 rings (SSSR count). The number of amides is 2. The topological polar surface area (TPSA) is 127 Å². The highest BCUT2D eigenvalue weighted by Gasteiger charge is 2.34. The van der Waals surface area contributed by atoms with Crippen molar-refractivity contribution in [3.05, 3.63) is 32.0 Å². The number of nitrogens with zero attached hydrogens (tertiary/aromatic N) is 2. The Bertz CT molecular complexity index is 1010. The summed E-state index contributed by atoms with van der Waals surface area (Å²) in [5.41, 5.74) is 0.215. The minimum absolute atomic E-state index is 0.0560. The van der Waals surface area contributed by atoms with Gasteiger partial charge in [0.25, 0.3) is 11.8 Å². The minimum Gasteiger partial charge on any atom is -0.476 e. The number of carbonyl (C=O) groups is 3. The number of H-pyrrole nitrogens is 1. The summed E-state index contributed by atoms with van der Waals surface area (Å²) in [6.45, 7) is 1.85. The van der Waals surface area contributed by atoms with Crippen molar-refractivity contribution >= 4 is 57.5 Å². The summed E-state index contributed by atoms with van der Waals surface area (Å²) < 4.78 is 14.8. The van der Waals surface area contributed by atoms with E-state index in [4.69, 9.17) is 23.2 Å². The first-order valence-corrected chi connectivity index (χ1v) is 10.4. The number of piperidine rings is 1. The molecule has 2 amide bonds. The summed E-state index contributed by atoms with van der Waals surface area (Å²) in [5, 5.41) is 14.8. The SMILES string of the molecule is CNC(=O)c1sc(N2CC[C@@H](NC(=O)c3[nH]c(C)c(Cl)c3Cl)[C@@H](F)C2)nc1C(=O)O. The molecule has 0 unspecified atom stereocenters. The minimum atomic E-state index is -1.45. The number of aryl methyl sites for hydroxylation is 1. The third kappa shape index (κ3) is 4.23. The maximum absolute atomic E-state index is 14.8. The second kappa shape index (κ2) is 8.78. The number of aromatic carboxylic acids is 1. The highest BCUT2D eigenvalue weighted by Crippen LogP contribution is 2.31. The monoisotopic (exact) mass is 477 g/mol. The maximum Gasteiger partial charge on any atom is 0.356 e. The average Bonchev–Trinajstić information content (AvgIpc) is 3.26. The largest absolute Gasteiger partial charge is 0.476 e. The number of carbonyl (C=O) groups excluding carboxylic acids is 2. The van der Waals surface area contributed by atoms with E-state index in [0.29, 0.717) is 12.2 Å². The summed E-state index contributed by atoms with van der Waals surface area (Å²) in [4.78, 5) is 44.0. The average molecular weight is 478 g/mol. The van der Waals surface area contributed by atoms with Gasteiger partial charge in [-0.05, 0) is 13.3 Å². The van der Waals surface area contributed by atoms with Gasteiger partial charge in [0.15, 0.2) is 10.8 Å². The highest BCUT2D eigenvalue weighted by molar-refractivity contribution is 7.17. The van der Waals surface area contributed by atoms with Gasteiger partial charge in [0.2, 0.25) is 0 Å². The molecule has 0 aromatic carbocycles. The van der Waals surface area contributed by atoms with Gasteiger partial charge in [-0.25, -0.2) is 14.2 Å². The first-order valence-electron chi connectivity index (χ1n) is 8.83. The Hall–Kier alpha value is -2.37. The van der Waals surface area contributed by atoms with E-state index < -0.39 is 30.0 Å². The van der Waals surface area contributed by atoms with Crippen LogP contribution >= 0.6 is 34.5 Å². The number of nitrogens with one attached hydrogen (secondary N) is 3. The molecular formula is C17H18Cl2FN5O4S. The Balaban J connectivity index is 1.71. The number of aromatic nitrogens is 2. The maximum atomic E-state index is 14.8. The third-order valence-corrected chi connectivity index (χ3v) is 6.72. The zero-order valence-corrected chi connectivity index (χ0v) is 18.2. The molecule has 1 aliphatic rings. The summed E-state index contributed by atoms with van der Waals surface area (Å²) in [7, 11) is 1.38. The summed E-state index contributed by atoms with van der Waals surface area (Å²) in [6.07, 6.45) is -1.21. The van der Waals surface area contributed by atoms with Gasteiger partial charge in [0.1, 0.15) is 16.7 Å². The van der Waals surface area contributed by atoms with E-state index >= 15 is 0 Å². The molecule has 9 nitrogen and oxygen atoms in total. The van der Waals surface area contributed by atoms with Crippen LogP contribution in [-0.2, 0) is 0 Å². The predicted octanol–water partition coefficient (Wildman–Crippen LogP) is 2.49. The normalized spacial score (nSPS) is 18.9. The van der Waals surface area contributed by atoms with Gasteiger partial charge in [-0.2, -0.15) is 0 Å². The van der Waals surface area contributed by atoms with E-state index in [1.807, 2.05) is 0 Å². The molecule has 1 saturated heterocycles. The van der Waals surface area contributed by atoms with Gasteiger partial charge in [-0.3, -0.25) is 9.59 Å². The molecule has 30 heavy (non-hydrogen) atoms. The lowest BCUT2D eigenvalue weighted by Crippen LogP contribution is -2.52. The van der Waals surface area contributed by atoms with E-state index in [-0.39, 0.29) is 44.4 Å².